The zero-order valence-electron chi connectivity index (χ0n) is 10.3. The molecule has 4 heteroatoms. The van der Waals surface area contributed by atoms with E-state index >= 15 is 0 Å². The van der Waals surface area contributed by atoms with Crippen molar-refractivity contribution in [2.45, 2.75) is 25.4 Å². The van der Waals surface area contributed by atoms with Gasteiger partial charge in [-0.05, 0) is 44.0 Å². The third-order valence-electron chi connectivity index (χ3n) is 4.18. The van der Waals surface area contributed by atoms with Crippen molar-refractivity contribution < 1.29 is 4.39 Å². The van der Waals surface area contributed by atoms with Gasteiger partial charge in [-0.25, -0.2) is 4.39 Å². The van der Waals surface area contributed by atoms with Crippen molar-refractivity contribution in [2.75, 3.05) is 19.6 Å². The summed E-state index contributed by atoms with van der Waals surface area (Å²) in [7, 11) is 0. The standard InChI is InChI=1S/C14H18BrFN2/c15-12-4-3-11(13(16)6-12)9-18-5-1-2-10-7-17-8-14(10)18/h3-4,6,10,14,17H,1-2,5,7-9H2. The van der Waals surface area contributed by atoms with Gasteiger partial charge >= 0.3 is 0 Å². The van der Waals surface area contributed by atoms with Crippen molar-refractivity contribution in [3.05, 3.63) is 34.1 Å². The molecule has 0 spiro atoms. The number of halogens is 2. The van der Waals surface area contributed by atoms with Gasteiger partial charge in [0.05, 0.1) is 0 Å². The molecule has 1 aromatic rings. The molecule has 0 saturated carbocycles. The van der Waals surface area contributed by atoms with Gasteiger partial charge < -0.3 is 5.32 Å². The fourth-order valence-corrected chi connectivity index (χ4v) is 3.56. The van der Waals surface area contributed by atoms with Crippen LogP contribution in [0.3, 0.4) is 0 Å². The van der Waals surface area contributed by atoms with Crippen molar-refractivity contribution >= 4 is 15.9 Å². The largest absolute Gasteiger partial charge is 0.315 e. The predicted molar refractivity (Wildman–Crippen MR) is 73.9 cm³/mol. The summed E-state index contributed by atoms with van der Waals surface area (Å²) in [6.07, 6.45) is 2.55. The number of benzene rings is 1. The Labute approximate surface area is 116 Å². The summed E-state index contributed by atoms with van der Waals surface area (Å²) >= 11 is 3.30. The van der Waals surface area contributed by atoms with E-state index < -0.39 is 0 Å². The molecular formula is C14H18BrFN2. The quantitative estimate of drug-likeness (QED) is 0.903. The highest BCUT2D eigenvalue weighted by Gasteiger charge is 2.34. The molecule has 2 heterocycles. The average Bonchev–Trinajstić information content (AvgIpc) is 2.82. The first-order valence-electron chi connectivity index (χ1n) is 6.63. The predicted octanol–water partition coefficient (Wildman–Crippen LogP) is 2.77. The third kappa shape index (κ3) is 2.46. The van der Waals surface area contributed by atoms with Crippen molar-refractivity contribution in [3.8, 4) is 0 Å². The number of fused-ring (bicyclic) bond motifs is 1. The summed E-state index contributed by atoms with van der Waals surface area (Å²) < 4.78 is 14.7. The molecule has 18 heavy (non-hydrogen) atoms. The minimum Gasteiger partial charge on any atom is -0.315 e. The topological polar surface area (TPSA) is 15.3 Å². The molecule has 1 N–H and O–H groups in total. The molecule has 0 aromatic heterocycles. The molecule has 3 rings (SSSR count). The average molecular weight is 313 g/mol. The Kier molecular flexibility index (Phi) is 3.68. The number of hydrogen-bond donors (Lipinski definition) is 1. The van der Waals surface area contributed by atoms with Gasteiger partial charge in [-0.3, -0.25) is 4.90 Å². The summed E-state index contributed by atoms with van der Waals surface area (Å²) in [5.74, 6) is 0.662. The monoisotopic (exact) mass is 312 g/mol. The van der Waals surface area contributed by atoms with Crippen LogP contribution in [0.4, 0.5) is 4.39 Å². The van der Waals surface area contributed by atoms with Crippen LogP contribution in [0, 0.1) is 11.7 Å². The molecule has 2 atom stereocenters. The van der Waals surface area contributed by atoms with Crippen LogP contribution in [0.1, 0.15) is 18.4 Å². The molecule has 2 unspecified atom stereocenters. The SMILES string of the molecule is Fc1cc(Br)ccc1CN1CCCC2CNCC21. The molecule has 0 radical (unpaired) electrons. The fraction of sp³-hybridized carbons (Fsp3) is 0.571. The van der Waals surface area contributed by atoms with Gasteiger partial charge in [-0.1, -0.05) is 22.0 Å². The summed E-state index contributed by atoms with van der Waals surface area (Å²) in [6.45, 7) is 4.02. The first kappa shape index (κ1) is 12.6. The van der Waals surface area contributed by atoms with Gasteiger partial charge in [0, 0.05) is 29.2 Å². The number of nitrogens with zero attached hydrogens (tertiary/aromatic N) is 1. The van der Waals surface area contributed by atoms with Crippen molar-refractivity contribution in [3.63, 3.8) is 0 Å². The highest BCUT2D eigenvalue weighted by Crippen LogP contribution is 2.28. The summed E-state index contributed by atoms with van der Waals surface area (Å²) in [6, 6.07) is 5.98. The number of likely N-dealkylation sites (tertiary alicyclic amines) is 1. The van der Waals surface area contributed by atoms with E-state index in [9.17, 15) is 4.39 Å². The molecule has 2 aliphatic heterocycles. The van der Waals surface area contributed by atoms with Crippen LogP contribution in [-0.2, 0) is 6.54 Å². The van der Waals surface area contributed by atoms with Crippen LogP contribution in [0.2, 0.25) is 0 Å². The van der Waals surface area contributed by atoms with Crippen LogP contribution in [0.25, 0.3) is 0 Å². The maximum absolute atomic E-state index is 13.9. The van der Waals surface area contributed by atoms with Crippen LogP contribution in [-0.4, -0.2) is 30.6 Å². The van der Waals surface area contributed by atoms with Crippen LogP contribution >= 0.6 is 15.9 Å². The molecule has 2 aliphatic rings. The lowest BCUT2D eigenvalue weighted by molar-refractivity contribution is 0.116. The number of piperidine rings is 1. The molecule has 2 nitrogen and oxygen atoms in total. The fourth-order valence-electron chi connectivity index (χ4n) is 3.23. The molecule has 0 bridgehead atoms. The summed E-state index contributed by atoms with van der Waals surface area (Å²) in [4.78, 5) is 2.44. The van der Waals surface area contributed by atoms with E-state index in [1.807, 2.05) is 12.1 Å². The van der Waals surface area contributed by atoms with Crippen LogP contribution < -0.4 is 5.32 Å². The first-order chi connectivity index (χ1) is 8.74. The lowest BCUT2D eigenvalue weighted by Crippen LogP contribution is -2.44. The Morgan fingerprint density at radius 2 is 2.28 bits per heavy atom. The van der Waals surface area contributed by atoms with E-state index in [1.54, 1.807) is 6.07 Å². The van der Waals surface area contributed by atoms with Crippen molar-refractivity contribution in [2.24, 2.45) is 5.92 Å². The normalized spacial score (nSPS) is 28.3. The zero-order valence-corrected chi connectivity index (χ0v) is 11.9. The smallest absolute Gasteiger partial charge is 0.128 e. The van der Waals surface area contributed by atoms with Crippen molar-refractivity contribution in [1.82, 2.24) is 10.2 Å². The maximum atomic E-state index is 13.9. The molecule has 0 amide bonds. The van der Waals surface area contributed by atoms with Gasteiger partial charge in [0.2, 0.25) is 0 Å². The molecule has 2 saturated heterocycles. The summed E-state index contributed by atoms with van der Waals surface area (Å²) in [5, 5.41) is 3.46. The zero-order chi connectivity index (χ0) is 12.5. The van der Waals surface area contributed by atoms with Gasteiger partial charge in [0.25, 0.3) is 0 Å². The molecule has 1 aromatic carbocycles. The number of hydrogen-bond acceptors (Lipinski definition) is 2. The lowest BCUT2D eigenvalue weighted by atomic mass is 9.91. The van der Waals surface area contributed by atoms with E-state index in [0.29, 0.717) is 6.04 Å². The van der Waals surface area contributed by atoms with Gasteiger partial charge in [-0.2, -0.15) is 0 Å². The van der Waals surface area contributed by atoms with Crippen LogP contribution in [0.15, 0.2) is 22.7 Å². The first-order valence-corrected chi connectivity index (χ1v) is 7.42. The highest BCUT2D eigenvalue weighted by molar-refractivity contribution is 9.10. The second-order valence-electron chi connectivity index (χ2n) is 5.33. The molecule has 98 valence electrons. The Balaban J connectivity index is 1.75. The molecule has 2 fully saturated rings. The number of nitrogens with one attached hydrogen (secondary N) is 1. The maximum Gasteiger partial charge on any atom is 0.128 e. The lowest BCUT2D eigenvalue weighted by Gasteiger charge is -2.37. The number of rotatable bonds is 2. The Bertz CT molecular complexity index is 438. The summed E-state index contributed by atoms with van der Waals surface area (Å²) in [5.41, 5.74) is 0.811. The van der Waals surface area contributed by atoms with Gasteiger partial charge in [0.1, 0.15) is 5.82 Å². The minimum atomic E-state index is -0.0996. The second kappa shape index (κ2) is 5.27. The van der Waals surface area contributed by atoms with Crippen LogP contribution in [0.5, 0.6) is 0 Å². The third-order valence-corrected chi connectivity index (χ3v) is 4.68. The highest BCUT2D eigenvalue weighted by atomic mass is 79.9. The van der Waals surface area contributed by atoms with Gasteiger partial charge in [-0.15, -0.1) is 0 Å². The Morgan fingerprint density at radius 3 is 3.11 bits per heavy atom. The Hall–Kier alpha value is -0.450. The Morgan fingerprint density at radius 1 is 1.39 bits per heavy atom. The van der Waals surface area contributed by atoms with Gasteiger partial charge in [0.15, 0.2) is 0 Å². The minimum absolute atomic E-state index is 0.0996. The van der Waals surface area contributed by atoms with E-state index in [4.69, 9.17) is 0 Å². The molecule has 0 aliphatic carbocycles. The van der Waals surface area contributed by atoms with E-state index in [1.165, 1.54) is 12.8 Å². The van der Waals surface area contributed by atoms with Crippen molar-refractivity contribution in [1.29, 1.82) is 0 Å². The van der Waals surface area contributed by atoms with E-state index in [-0.39, 0.29) is 5.82 Å². The van der Waals surface area contributed by atoms with E-state index in [2.05, 4.69) is 26.1 Å². The van der Waals surface area contributed by atoms with E-state index in [0.717, 1.165) is 42.1 Å². The molecular weight excluding hydrogens is 295 g/mol. The second-order valence-corrected chi connectivity index (χ2v) is 6.25.